The molecule has 0 bridgehead atoms. The summed E-state index contributed by atoms with van der Waals surface area (Å²) in [5.74, 6) is 0. The second-order valence-electron chi connectivity index (χ2n) is 5.28. The average Bonchev–Trinajstić information content (AvgIpc) is 2.83. The average molecular weight is 219 g/mol. The molecule has 0 unspecified atom stereocenters. The number of hydrogen-bond acceptors (Lipinski definition) is 2. The van der Waals surface area contributed by atoms with E-state index in [0.717, 1.165) is 0 Å². The Hall–Kier alpha value is -1.02. The van der Waals surface area contributed by atoms with Crippen molar-refractivity contribution in [3.8, 4) is 0 Å². The lowest BCUT2D eigenvalue weighted by atomic mass is 9.85. The molecule has 0 aromatic heterocycles. The molecule has 2 heteroatoms. The second kappa shape index (κ2) is 4.46. The molecule has 0 amide bonds. The maximum atomic E-state index is 9.32. The highest BCUT2D eigenvalue weighted by Crippen LogP contribution is 2.26. The molecule has 0 aliphatic carbocycles. The standard InChI is InChI=1S/C14H21NO/c1-14(2,11-16)12-5-7-13(8-6-12)15-9-3-4-10-15/h5-8,16H,3-4,9-11H2,1-2H3. The van der Waals surface area contributed by atoms with E-state index in [2.05, 4.69) is 43.0 Å². The van der Waals surface area contributed by atoms with Gasteiger partial charge in [0, 0.05) is 24.2 Å². The van der Waals surface area contributed by atoms with Crippen LogP contribution < -0.4 is 4.90 Å². The number of aliphatic hydroxyl groups is 1. The lowest BCUT2D eigenvalue weighted by Crippen LogP contribution is -2.22. The fourth-order valence-electron chi connectivity index (χ4n) is 2.19. The minimum absolute atomic E-state index is 0.135. The molecule has 1 heterocycles. The normalized spacial score (nSPS) is 16.8. The van der Waals surface area contributed by atoms with Crippen molar-refractivity contribution in [2.75, 3.05) is 24.6 Å². The maximum absolute atomic E-state index is 9.32. The molecule has 1 aromatic rings. The largest absolute Gasteiger partial charge is 0.395 e. The van der Waals surface area contributed by atoms with E-state index < -0.39 is 0 Å². The van der Waals surface area contributed by atoms with Crippen LogP contribution in [0.3, 0.4) is 0 Å². The van der Waals surface area contributed by atoms with Crippen molar-refractivity contribution in [1.82, 2.24) is 0 Å². The van der Waals surface area contributed by atoms with Crippen molar-refractivity contribution in [3.05, 3.63) is 29.8 Å². The number of benzene rings is 1. The number of hydrogen-bond donors (Lipinski definition) is 1. The predicted molar refractivity (Wildman–Crippen MR) is 68.0 cm³/mol. The second-order valence-corrected chi connectivity index (χ2v) is 5.28. The molecule has 1 aromatic carbocycles. The van der Waals surface area contributed by atoms with E-state index in [1.165, 1.54) is 37.2 Å². The van der Waals surface area contributed by atoms with Gasteiger partial charge in [-0.2, -0.15) is 0 Å². The van der Waals surface area contributed by atoms with Crippen LogP contribution in [-0.2, 0) is 5.41 Å². The Labute approximate surface area is 97.9 Å². The van der Waals surface area contributed by atoms with Crippen LogP contribution in [0.5, 0.6) is 0 Å². The lowest BCUT2D eigenvalue weighted by Gasteiger charge is -2.24. The van der Waals surface area contributed by atoms with Crippen LogP contribution in [0.1, 0.15) is 32.3 Å². The predicted octanol–water partition coefficient (Wildman–Crippen LogP) is 2.56. The van der Waals surface area contributed by atoms with Crippen LogP contribution in [0.25, 0.3) is 0 Å². The van der Waals surface area contributed by atoms with E-state index in [1.807, 2.05) is 0 Å². The van der Waals surface area contributed by atoms with E-state index in [-0.39, 0.29) is 12.0 Å². The van der Waals surface area contributed by atoms with E-state index in [9.17, 15) is 5.11 Å². The first-order chi connectivity index (χ1) is 7.63. The molecule has 16 heavy (non-hydrogen) atoms. The van der Waals surface area contributed by atoms with Gasteiger partial charge in [-0.1, -0.05) is 26.0 Å². The first-order valence-electron chi connectivity index (χ1n) is 6.10. The van der Waals surface area contributed by atoms with Gasteiger partial charge >= 0.3 is 0 Å². The molecule has 1 fully saturated rings. The molecule has 0 atom stereocenters. The van der Waals surface area contributed by atoms with Gasteiger partial charge in [-0.15, -0.1) is 0 Å². The summed E-state index contributed by atoms with van der Waals surface area (Å²) in [5.41, 5.74) is 2.39. The van der Waals surface area contributed by atoms with Gasteiger partial charge in [-0.05, 0) is 30.5 Å². The van der Waals surface area contributed by atoms with Crippen LogP contribution >= 0.6 is 0 Å². The smallest absolute Gasteiger partial charge is 0.0522 e. The molecule has 1 aliphatic heterocycles. The van der Waals surface area contributed by atoms with Gasteiger partial charge in [0.1, 0.15) is 0 Å². The van der Waals surface area contributed by atoms with Gasteiger partial charge in [0.05, 0.1) is 6.61 Å². The molecular weight excluding hydrogens is 198 g/mol. The van der Waals surface area contributed by atoms with Crippen LogP contribution in [0, 0.1) is 0 Å². The topological polar surface area (TPSA) is 23.5 Å². The number of nitrogens with zero attached hydrogens (tertiary/aromatic N) is 1. The van der Waals surface area contributed by atoms with Gasteiger partial charge in [-0.3, -0.25) is 0 Å². The molecule has 2 rings (SSSR count). The Balaban J connectivity index is 2.15. The highest BCUT2D eigenvalue weighted by atomic mass is 16.3. The zero-order valence-electron chi connectivity index (χ0n) is 10.2. The highest BCUT2D eigenvalue weighted by Gasteiger charge is 2.19. The molecule has 0 radical (unpaired) electrons. The minimum Gasteiger partial charge on any atom is -0.395 e. The summed E-state index contributed by atoms with van der Waals surface area (Å²) in [7, 11) is 0. The van der Waals surface area contributed by atoms with Gasteiger partial charge in [0.15, 0.2) is 0 Å². The third-order valence-electron chi connectivity index (χ3n) is 3.52. The summed E-state index contributed by atoms with van der Waals surface area (Å²) < 4.78 is 0. The molecule has 2 nitrogen and oxygen atoms in total. The zero-order valence-corrected chi connectivity index (χ0v) is 10.2. The van der Waals surface area contributed by atoms with Crippen LogP contribution in [0.4, 0.5) is 5.69 Å². The Bertz CT molecular complexity index is 336. The molecule has 1 saturated heterocycles. The zero-order chi connectivity index (χ0) is 11.6. The van der Waals surface area contributed by atoms with Crippen molar-refractivity contribution >= 4 is 5.69 Å². The molecule has 0 saturated carbocycles. The molecular formula is C14H21NO. The van der Waals surface area contributed by atoms with E-state index >= 15 is 0 Å². The van der Waals surface area contributed by atoms with E-state index in [0.29, 0.717) is 0 Å². The maximum Gasteiger partial charge on any atom is 0.0522 e. The Morgan fingerprint density at radius 2 is 1.69 bits per heavy atom. The number of rotatable bonds is 3. The first-order valence-corrected chi connectivity index (χ1v) is 6.10. The number of anilines is 1. The van der Waals surface area contributed by atoms with Crippen molar-refractivity contribution in [2.45, 2.75) is 32.1 Å². The fraction of sp³-hybridized carbons (Fsp3) is 0.571. The van der Waals surface area contributed by atoms with Crippen LogP contribution in [-0.4, -0.2) is 24.8 Å². The first kappa shape index (κ1) is 11.5. The van der Waals surface area contributed by atoms with Crippen LogP contribution in [0.15, 0.2) is 24.3 Å². The van der Waals surface area contributed by atoms with Crippen molar-refractivity contribution in [2.24, 2.45) is 0 Å². The summed E-state index contributed by atoms with van der Waals surface area (Å²) in [6.45, 7) is 6.69. The summed E-state index contributed by atoms with van der Waals surface area (Å²) in [5, 5.41) is 9.32. The van der Waals surface area contributed by atoms with Crippen LogP contribution in [0.2, 0.25) is 0 Å². The van der Waals surface area contributed by atoms with Crippen molar-refractivity contribution in [1.29, 1.82) is 0 Å². The third-order valence-corrected chi connectivity index (χ3v) is 3.52. The van der Waals surface area contributed by atoms with Gasteiger partial charge in [0.25, 0.3) is 0 Å². The van der Waals surface area contributed by atoms with Gasteiger partial charge in [-0.25, -0.2) is 0 Å². The Morgan fingerprint density at radius 3 is 2.19 bits per heavy atom. The summed E-state index contributed by atoms with van der Waals surface area (Å²) in [4.78, 5) is 2.43. The SMILES string of the molecule is CC(C)(CO)c1ccc(N2CCCC2)cc1. The lowest BCUT2D eigenvalue weighted by molar-refractivity contribution is 0.218. The summed E-state index contributed by atoms with van der Waals surface area (Å²) >= 11 is 0. The quantitative estimate of drug-likeness (QED) is 0.844. The van der Waals surface area contributed by atoms with Crippen molar-refractivity contribution in [3.63, 3.8) is 0 Å². The minimum atomic E-state index is -0.135. The Morgan fingerprint density at radius 1 is 1.12 bits per heavy atom. The molecule has 1 aliphatic rings. The summed E-state index contributed by atoms with van der Waals surface area (Å²) in [6, 6.07) is 8.64. The van der Waals surface area contributed by atoms with E-state index in [1.54, 1.807) is 0 Å². The summed E-state index contributed by atoms with van der Waals surface area (Å²) in [6.07, 6.45) is 2.62. The third kappa shape index (κ3) is 2.22. The Kier molecular flexibility index (Phi) is 3.20. The molecule has 0 spiro atoms. The molecule has 88 valence electrons. The highest BCUT2D eigenvalue weighted by molar-refractivity contribution is 5.49. The monoisotopic (exact) mass is 219 g/mol. The molecule has 1 N–H and O–H groups in total. The van der Waals surface area contributed by atoms with Gasteiger partial charge < -0.3 is 10.0 Å². The number of aliphatic hydroxyl groups excluding tert-OH is 1. The van der Waals surface area contributed by atoms with E-state index in [4.69, 9.17) is 0 Å². The fourth-order valence-corrected chi connectivity index (χ4v) is 2.19. The van der Waals surface area contributed by atoms with Crippen molar-refractivity contribution < 1.29 is 5.11 Å². The van der Waals surface area contributed by atoms with Gasteiger partial charge in [0.2, 0.25) is 0 Å².